The van der Waals surface area contributed by atoms with E-state index in [9.17, 15) is 0 Å². The first-order valence-electron chi connectivity index (χ1n) is 33.1. The summed E-state index contributed by atoms with van der Waals surface area (Å²) in [6, 6.07) is 21.2. The lowest BCUT2D eigenvalue weighted by Crippen LogP contribution is -2.34. The molecule has 0 radical (unpaired) electrons. The van der Waals surface area contributed by atoms with E-state index in [1.165, 1.54) is 88.2 Å². The summed E-state index contributed by atoms with van der Waals surface area (Å²) < 4.78 is 72.1. The van der Waals surface area contributed by atoms with E-state index in [1.807, 2.05) is 0 Å². The van der Waals surface area contributed by atoms with E-state index in [4.69, 9.17) is 56.8 Å². The van der Waals surface area contributed by atoms with Crippen LogP contribution in [0, 0.1) is 0 Å². The topological polar surface area (TPSA) is 130 Å². The molecule has 3 saturated heterocycles. The first-order chi connectivity index (χ1) is 41.8. The highest BCUT2D eigenvalue weighted by atomic mass is 16.5. The van der Waals surface area contributed by atoms with Crippen molar-refractivity contribution in [2.24, 2.45) is 0 Å². The number of rotatable bonds is 22. The Bertz CT molecular complexity index is 1520. The van der Waals surface area contributed by atoms with Crippen molar-refractivity contribution in [3.8, 4) is 0 Å². The molecule has 484 valence electrons. The molecule has 18 nitrogen and oxygen atoms in total. The first kappa shape index (κ1) is 72.5. The Morgan fingerprint density at radius 2 is 0.357 bits per heavy atom. The van der Waals surface area contributed by atoms with Crippen LogP contribution in [0.5, 0.6) is 0 Å². The van der Waals surface area contributed by atoms with Gasteiger partial charge in [-0.1, -0.05) is 112 Å². The van der Waals surface area contributed by atoms with Crippen LogP contribution in [0.15, 0.2) is 60.7 Å². The molecule has 0 aliphatic carbocycles. The van der Waals surface area contributed by atoms with Gasteiger partial charge in [-0.05, 0) is 63.0 Å². The SMILES string of the molecule is c1ccc(CN2CCOCCOCCN(CCCCCCCCN3CCOCCOCCN(CCCCCCCCN4CCOCCOCCN(Cc5ccccc5)CCOCCOCC4)CCOCCOCC3)CCOCCOCC2)cc1. The van der Waals surface area contributed by atoms with E-state index >= 15 is 0 Å². The van der Waals surface area contributed by atoms with Gasteiger partial charge in [-0.25, -0.2) is 0 Å². The number of hydrogen-bond donors (Lipinski definition) is 0. The maximum Gasteiger partial charge on any atom is 0.0701 e. The van der Waals surface area contributed by atoms with Crippen molar-refractivity contribution in [1.29, 1.82) is 0 Å². The van der Waals surface area contributed by atoms with Gasteiger partial charge in [0.05, 0.1) is 159 Å². The van der Waals surface area contributed by atoms with Crippen LogP contribution in [-0.4, -0.2) is 293 Å². The summed E-state index contributed by atoms with van der Waals surface area (Å²) in [5, 5.41) is 0. The molecule has 0 saturated carbocycles. The first-order valence-corrected chi connectivity index (χ1v) is 33.1. The molecular formula is C66H118N6O12. The number of hydrogen-bond acceptors (Lipinski definition) is 18. The summed E-state index contributed by atoms with van der Waals surface area (Å²) >= 11 is 0. The third-order valence-electron chi connectivity index (χ3n) is 15.7. The molecule has 3 fully saturated rings. The van der Waals surface area contributed by atoms with Crippen LogP contribution in [-0.2, 0) is 69.9 Å². The summed E-state index contributed by atoms with van der Waals surface area (Å²) in [6.45, 7) is 32.8. The van der Waals surface area contributed by atoms with Crippen LogP contribution in [0.2, 0.25) is 0 Å². The van der Waals surface area contributed by atoms with Crippen LogP contribution >= 0.6 is 0 Å². The molecule has 0 N–H and O–H groups in total. The van der Waals surface area contributed by atoms with E-state index in [0.29, 0.717) is 159 Å². The zero-order valence-electron chi connectivity index (χ0n) is 52.5. The Morgan fingerprint density at radius 1 is 0.190 bits per heavy atom. The molecular weight excluding hydrogens is 1070 g/mol. The van der Waals surface area contributed by atoms with Crippen molar-refractivity contribution < 1.29 is 56.8 Å². The summed E-state index contributed by atoms with van der Waals surface area (Å²) in [4.78, 5) is 14.8. The molecule has 0 spiro atoms. The van der Waals surface area contributed by atoms with Crippen LogP contribution < -0.4 is 0 Å². The molecule has 84 heavy (non-hydrogen) atoms. The number of nitrogens with zero attached hydrogens (tertiary/aromatic N) is 6. The van der Waals surface area contributed by atoms with Crippen LogP contribution in [0.25, 0.3) is 0 Å². The molecule has 0 unspecified atom stereocenters. The molecule has 2 aromatic rings. The molecule has 2 aromatic carbocycles. The number of ether oxygens (including phenoxy) is 12. The lowest BCUT2D eigenvalue weighted by Gasteiger charge is -2.24. The van der Waals surface area contributed by atoms with Crippen molar-refractivity contribution in [2.45, 2.75) is 90.1 Å². The van der Waals surface area contributed by atoms with Crippen LogP contribution in [0.4, 0.5) is 0 Å². The monoisotopic (exact) mass is 1190 g/mol. The van der Waals surface area contributed by atoms with E-state index < -0.39 is 0 Å². The van der Waals surface area contributed by atoms with E-state index in [1.54, 1.807) is 0 Å². The highest BCUT2D eigenvalue weighted by Crippen LogP contribution is 2.12. The van der Waals surface area contributed by atoms with Crippen molar-refractivity contribution in [2.75, 3.05) is 263 Å². The lowest BCUT2D eigenvalue weighted by atomic mass is 10.1. The normalized spacial score (nSPS) is 21.5. The zero-order chi connectivity index (χ0) is 58.4. The second-order valence-electron chi connectivity index (χ2n) is 22.5. The van der Waals surface area contributed by atoms with Gasteiger partial charge in [-0.3, -0.25) is 29.4 Å². The van der Waals surface area contributed by atoms with Gasteiger partial charge in [0.15, 0.2) is 0 Å². The van der Waals surface area contributed by atoms with Crippen molar-refractivity contribution >= 4 is 0 Å². The van der Waals surface area contributed by atoms with E-state index in [2.05, 4.69) is 90.1 Å². The molecule has 18 heteroatoms. The van der Waals surface area contributed by atoms with E-state index in [0.717, 1.165) is 118 Å². The third kappa shape index (κ3) is 41.0. The Hall–Kier alpha value is -2.28. The largest absolute Gasteiger partial charge is 0.378 e. The van der Waals surface area contributed by atoms with Crippen molar-refractivity contribution in [3.63, 3.8) is 0 Å². The second kappa shape index (κ2) is 53.7. The fraction of sp³-hybridized carbons (Fsp3) is 0.818. The Balaban J connectivity index is 0.839. The molecule has 3 aliphatic rings. The maximum atomic E-state index is 6.07. The van der Waals surface area contributed by atoms with Crippen LogP contribution in [0.3, 0.4) is 0 Å². The number of unbranched alkanes of at least 4 members (excludes halogenated alkanes) is 10. The highest BCUT2D eigenvalue weighted by Gasteiger charge is 2.13. The van der Waals surface area contributed by atoms with Gasteiger partial charge in [-0.15, -0.1) is 0 Å². The Labute approximate surface area is 509 Å². The molecule has 0 bridgehead atoms. The second-order valence-corrected chi connectivity index (χ2v) is 22.5. The summed E-state index contributed by atoms with van der Waals surface area (Å²) in [5.74, 6) is 0. The molecule has 0 amide bonds. The minimum Gasteiger partial charge on any atom is -0.378 e. The average molecular weight is 1190 g/mol. The van der Waals surface area contributed by atoms with Gasteiger partial charge >= 0.3 is 0 Å². The van der Waals surface area contributed by atoms with Gasteiger partial charge in [-0.2, -0.15) is 0 Å². The summed E-state index contributed by atoms with van der Waals surface area (Å²) in [7, 11) is 0. The minimum absolute atomic E-state index is 0.619. The molecule has 0 aromatic heterocycles. The smallest absolute Gasteiger partial charge is 0.0701 e. The molecule has 3 aliphatic heterocycles. The fourth-order valence-corrected chi connectivity index (χ4v) is 10.6. The third-order valence-corrected chi connectivity index (χ3v) is 15.7. The van der Waals surface area contributed by atoms with Crippen molar-refractivity contribution in [1.82, 2.24) is 29.4 Å². The average Bonchev–Trinajstić information content (AvgIpc) is 3.52. The van der Waals surface area contributed by atoms with Gasteiger partial charge in [0, 0.05) is 91.6 Å². The maximum absolute atomic E-state index is 6.07. The Morgan fingerprint density at radius 3 is 0.548 bits per heavy atom. The standard InChI is InChI=1S/C66H118N6O12/c1(3-7-17-25-69-31-43-77-55-59-81-47-35-71(63-65-19-11-9-12-20-65)36-48-82-60-56-78-44-32-69)5-15-23-67-27-39-73-51-53-75-41-29-68(30-42-76-54-52-74-40-28-67)24-16-6-2-4-8-18-26-70-33-45-79-57-61-83-49-37-72(64-66-21-13-10-14-22-66)38-50-84-62-58-80-46-34-70/h9-14,19-22H,1-8,15-18,23-64H2. The van der Waals surface area contributed by atoms with Gasteiger partial charge < -0.3 is 56.8 Å². The molecule has 3 heterocycles. The predicted molar refractivity (Wildman–Crippen MR) is 334 cm³/mol. The van der Waals surface area contributed by atoms with Gasteiger partial charge in [0.2, 0.25) is 0 Å². The molecule has 5 rings (SSSR count). The van der Waals surface area contributed by atoms with Crippen molar-refractivity contribution in [3.05, 3.63) is 71.8 Å². The fourth-order valence-electron chi connectivity index (χ4n) is 10.6. The lowest BCUT2D eigenvalue weighted by molar-refractivity contribution is 0.00697. The quantitative estimate of drug-likeness (QED) is 0.111. The van der Waals surface area contributed by atoms with Gasteiger partial charge in [0.25, 0.3) is 0 Å². The number of benzene rings is 2. The zero-order valence-corrected chi connectivity index (χ0v) is 52.5. The van der Waals surface area contributed by atoms with Crippen LogP contribution in [0.1, 0.15) is 88.2 Å². The highest BCUT2D eigenvalue weighted by molar-refractivity contribution is 5.15. The predicted octanol–water partition coefficient (Wildman–Crippen LogP) is 7.12. The minimum atomic E-state index is 0.619. The van der Waals surface area contributed by atoms with E-state index in [-0.39, 0.29) is 0 Å². The van der Waals surface area contributed by atoms with Gasteiger partial charge in [0.1, 0.15) is 0 Å². The summed E-state index contributed by atoms with van der Waals surface area (Å²) in [6.07, 6.45) is 14.8. The Kier molecular flexibility index (Phi) is 46.3. The summed E-state index contributed by atoms with van der Waals surface area (Å²) in [5.41, 5.74) is 2.61. The molecule has 0 atom stereocenters.